The molecule has 2 amide bonds. The van der Waals surface area contributed by atoms with E-state index < -0.39 is 6.04 Å². The molecule has 1 aliphatic rings. The number of hydrogen-bond donors (Lipinski definition) is 1. The Morgan fingerprint density at radius 3 is 2.67 bits per heavy atom. The van der Waals surface area contributed by atoms with Crippen LogP contribution in [0.5, 0.6) is 0 Å². The van der Waals surface area contributed by atoms with Crippen LogP contribution in [0.4, 0.5) is 0 Å². The van der Waals surface area contributed by atoms with E-state index in [1.165, 1.54) is 0 Å². The first-order valence-corrected chi connectivity index (χ1v) is 6.64. The highest BCUT2D eigenvalue weighted by Crippen LogP contribution is 2.18. The predicted octanol–water partition coefficient (Wildman–Crippen LogP) is 0.927. The Balaban J connectivity index is 2.77. The Bertz CT molecular complexity index is 307. The lowest BCUT2D eigenvalue weighted by atomic mass is 10.0. The molecule has 5 heteroatoms. The van der Waals surface area contributed by atoms with Crippen LogP contribution in [0.25, 0.3) is 0 Å². The highest BCUT2D eigenvalue weighted by Gasteiger charge is 2.39. The van der Waals surface area contributed by atoms with Gasteiger partial charge in [-0.05, 0) is 26.7 Å². The molecule has 104 valence electrons. The number of rotatable bonds is 6. The molecule has 0 saturated carbocycles. The summed E-state index contributed by atoms with van der Waals surface area (Å²) in [7, 11) is 1.64. The molecular formula is C13H24N2O3. The molecule has 3 atom stereocenters. The van der Waals surface area contributed by atoms with E-state index >= 15 is 0 Å². The number of carbonyl (C=O) groups is 2. The molecular weight excluding hydrogens is 232 g/mol. The van der Waals surface area contributed by atoms with Crippen LogP contribution in [-0.2, 0) is 14.3 Å². The van der Waals surface area contributed by atoms with Crippen LogP contribution in [0.2, 0.25) is 0 Å². The summed E-state index contributed by atoms with van der Waals surface area (Å²) in [5.41, 5.74) is 0. The van der Waals surface area contributed by atoms with Gasteiger partial charge in [-0.3, -0.25) is 9.59 Å². The second-order valence-electron chi connectivity index (χ2n) is 4.90. The zero-order valence-electron chi connectivity index (χ0n) is 11.7. The largest absolute Gasteiger partial charge is 0.385 e. The highest BCUT2D eigenvalue weighted by molar-refractivity contribution is 5.96. The summed E-state index contributed by atoms with van der Waals surface area (Å²) in [5, 5.41) is 2.80. The summed E-state index contributed by atoms with van der Waals surface area (Å²) in [6.07, 6.45) is 2.33. The Morgan fingerprint density at radius 2 is 2.11 bits per heavy atom. The molecule has 18 heavy (non-hydrogen) atoms. The molecule has 1 N–H and O–H groups in total. The van der Waals surface area contributed by atoms with E-state index in [9.17, 15) is 9.59 Å². The number of methoxy groups -OCH3 is 1. The van der Waals surface area contributed by atoms with Crippen molar-refractivity contribution < 1.29 is 14.3 Å². The molecule has 0 radical (unpaired) electrons. The number of hydrogen-bond acceptors (Lipinski definition) is 3. The molecule has 0 spiro atoms. The summed E-state index contributed by atoms with van der Waals surface area (Å²) < 4.78 is 5.04. The zero-order chi connectivity index (χ0) is 13.7. The van der Waals surface area contributed by atoms with Crippen molar-refractivity contribution in [3.8, 4) is 0 Å². The first kappa shape index (κ1) is 15.0. The van der Waals surface area contributed by atoms with Gasteiger partial charge in [-0.1, -0.05) is 13.3 Å². The SMILES string of the molecule is CCCC1NC(=O)C(C)N(C(C)CCOC)C1=O. The van der Waals surface area contributed by atoms with Gasteiger partial charge in [0.2, 0.25) is 11.8 Å². The third-order valence-corrected chi connectivity index (χ3v) is 3.46. The van der Waals surface area contributed by atoms with Gasteiger partial charge in [0.25, 0.3) is 0 Å². The lowest BCUT2D eigenvalue weighted by molar-refractivity contribution is -0.151. The fourth-order valence-corrected chi connectivity index (χ4v) is 2.36. The van der Waals surface area contributed by atoms with Crippen molar-refractivity contribution in [3.63, 3.8) is 0 Å². The van der Waals surface area contributed by atoms with E-state index in [0.717, 1.165) is 12.8 Å². The van der Waals surface area contributed by atoms with E-state index in [2.05, 4.69) is 5.32 Å². The van der Waals surface area contributed by atoms with E-state index in [0.29, 0.717) is 13.0 Å². The molecule has 1 saturated heterocycles. The van der Waals surface area contributed by atoms with Crippen LogP contribution in [-0.4, -0.2) is 48.6 Å². The zero-order valence-corrected chi connectivity index (χ0v) is 11.7. The summed E-state index contributed by atoms with van der Waals surface area (Å²) in [4.78, 5) is 25.9. The van der Waals surface area contributed by atoms with Gasteiger partial charge in [0.05, 0.1) is 0 Å². The number of nitrogens with zero attached hydrogens (tertiary/aromatic N) is 1. The fraction of sp³-hybridized carbons (Fsp3) is 0.846. The van der Waals surface area contributed by atoms with Gasteiger partial charge in [0.1, 0.15) is 12.1 Å². The third-order valence-electron chi connectivity index (χ3n) is 3.46. The maximum absolute atomic E-state index is 12.3. The minimum atomic E-state index is -0.391. The molecule has 1 aliphatic heterocycles. The summed E-state index contributed by atoms with van der Waals surface area (Å²) >= 11 is 0. The highest BCUT2D eigenvalue weighted by atomic mass is 16.5. The topological polar surface area (TPSA) is 58.6 Å². The molecule has 1 rings (SSSR count). The van der Waals surface area contributed by atoms with Gasteiger partial charge < -0.3 is 15.0 Å². The average molecular weight is 256 g/mol. The maximum Gasteiger partial charge on any atom is 0.246 e. The molecule has 0 aromatic heterocycles. The van der Waals surface area contributed by atoms with E-state index in [-0.39, 0.29) is 23.9 Å². The van der Waals surface area contributed by atoms with Gasteiger partial charge in [0, 0.05) is 19.8 Å². The lowest BCUT2D eigenvalue weighted by Crippen LogP contribution is -2.64. The van der Waals surface area contributed by atoms with Crippen molar-refractivity contribution in [1.29, 1.82) is 0 Å². The number of carbonyl (C=O) groups excluding carboxylic acids is 2. The van der Waals surface area contributed by atoms with Crippen LogP contribution in [0.15, 0.2) is 0 Å². The number of ether oxygens (including phenoxy) is 1. The number of nitrogens with one attached hydrogen (secondary N) is 1. The maximum atomic E-state index is 12.3. The summed E-state index contributed by atoms with van der Waals surface area (Å²) in [6, 6.07) is -0.723. The fourth-order valence-electron chi connectivity index (χ4n) is 2.36. The monoisotopic (exact) mass is 256 g/mol. The second-order valence-corrected chi connectivity index (χ2v) is 4.90. The van der Waals surface area contributed by atoms with Gasteiger partial charge in [-0.25, -0.2) is 0 Å². The van der Waals surface area contributed by atoms with Gasteiger partial charge in [0.15, 0.2) is 0 Å². The third kappa shape index (κ3) is 3.22. The predicted molar refractivity (Wildman–Crippen MR) is 69.1 cm³/mol. The molecule has 1 heterocycles. The first-order valence-electron chi connectivity index (χ1n) is 6.64. The van der Waals surface area contributed by atoms with Crippen LogP contribution in [0.3, 0.4) is 0 Å². The van der Waals surface area contributed by atoms with Crippen molar-refractivity contribution in [2.75, 3.05) is 13.7 Å². The smallest absolute Gasteiger partial charge is 0.246 e. The Labute approximate surface area is 109 Å². The van der Waals surface area contributed by atoms with Crippen LogP contribution in [0, 0.1) is 0 Å². The molecule has 1 fully saturated rings. The second kappa shape index (κ2) is 6.73. The van der Waals surface area contributed by atoms with E-state index in [1.54, 1.807) is 18.9 Å². The molecule has 0 aromatic rings. The van der Waals surface area contributed by atoms with Crippen LogP contribution < -0.4 is 5.32 Å². The summed E-state index contributed by atoms with van der Waals surface area (Å²) in [5.74, 6) is -0.0233. The molecule has 3 unspecified atom stereocenters. The van der Waals surface area contributed by atoms with E-state index in [4.69, 9.17) is 4.74 Å². The minimum Gasteiger partial charge on any atom is -0.385 e. The average Bonchev–Trinajstić information content (AvgIpc) is 2.34. The first-order chi connectivity index (χ1) is 8.52. The number of amides is 2. The van der Waals surface area contributed by atoms with Crippen molar-refractivity contribution in [2.24, 2.45) is 0 Å². The minimum absolute atomic E-state index is 0.0258. The van der Waals surface area contributed by atoms with E-state index in [1.807, 2.05) is 13.8 Å². The van der Waals surface area contributed by atoms with Gasteiger partial charge in [-0.2, -0.15) is 0 Å². The van der Waals surface area contributed by atoms with Crippen LogP contribution in [0.1, 0.15) is 40.0 Å². The molecule has 0 bridgehead atoms. The molecule has 5 nitrogen and oxygen atoms in total. The Hall–Kier alpha value is -1.10. The standard InChI is InChI=1S/C13H24N2O3/c1-5-6-11-13(17)15(9(2)7-8-18-4)10(3)12(16)14-11/h9-11H,5-8H2,1-4H3,(H,14,16). The summed E-state index contributed by atoms with van der Waals surface area (Å²) in [6.45, 7) is 6.35. The van der Waals surface area contributed by atoms with Crippen molar-refractivity contribution in [1.82, 2.24) is 10.2 Å². The van der Waals surface area contributed by atoms with Crippen molar-refractivity contribution >= 4 is 11.8 Å². The lowest BCUT2D eigenvalue weighted by Gasteiger charge is -2.41. The molecule has 0 aromatic carbocycles. The van der Waals surface area contributed by atoms with Gasteiger partial charge >= 0.3 is 0 Å². The van der Waals surface area contributed by atoms with Crippen molar-refractivity contribution in [3.05, 3.63) is 0 Å². The quantitative estimate of drug-likeness (QED) is 0.769. The molecule has 0 aliphatic carbocycles. The van der Waals surface area contributed by atoms with Crippen LogP contribution >= 0.6 is 0 Å². The van der Waals surface area contributed by atoms with Crippen molar-refractivity contribution in [2.45, 2.75) is 58.2 Å². The normalized spacial score (nSPS) is 26.1. The number of piperazine rings is 1. The van der Waals surface area contributed by atoms with Gasteiger partial charge in [-0.15, -0.1) is 0 Å². The Morgan fingerprint density at radius 1 is 1.44 bits per heavy atom. The Kier molecular flexibility index (Phi) is 5.59.